The number of halogens is 2. The Bertz CT molecular complexity index is 404. The van der Waals surface area contributed by atoms with Crippen LogP contribution in [0.15, 0.2) is 30.6 Å². The normalized spacial score (nSPS) is 12.6. The molecule has 0 aliphatic carbocycles. The fraction of sp³-hybridized carbons (Fsp3) is 0.200. The second kappa shape index (κ2) is 4.80. The van der Waals surface area contributed by atoms with Gasteiger partial charge in [-0.1, -0.05) is 0 Å². The summed E-state index contributed by atoms with van der Waals surface area (Å²) < 4.78 is 25.3. The summed E-state index contributed by atoms with van der Waals surface area (Å²) >= 11 is 0. The van der Waals surface area contributed by atoms with Crippen LogP contribution < -0.4 is 0 Å². The molecule has 0 spiro atoms. The van der Waals surface area contributed by atoms with Crippen LogP contribution in [0.4, 0.5) is 8.78 Å². The largest absolute Gasteiger partial charge is 0.507 e. The van der Waals surface area contributed by atoms with E-state index in [4.69, 9.17) is 5.11 Å². The highest BCUT2D eigenvalue weighted by Crippen LogP contribution is 2.17. The lowest BCUT2D eigenvalue weighted by Gasteiger charge is -2.08. The number of carbonyl (C=O) groups excluding carboxylic acids is 1. The van der Waals surface area contributed by atoms with Gasteiger partial charge in [-0.2, -0.15) is 8.78 Å². The lowest BCUT2D eigenvalue weighted by Crippen LogP contribution is -2.31. The van der Waals surface area contributed by atoms with Gasteiger partial charge in [0.15, 0.2) is 0 Å². The molecule has 0 aliphatic rings. The number of aliphatic hydroxyl groups is 2. The first-order chi connectivity index (χ1) is 7.47. The summed E-state index contributed by atoms with van der Waals surface area (Å²) in [7, 11) is 0. The molecule has 1 heterocycles. The van der Waals surface area contributed by atoms with Crippen LogP contribution in [0.3, 0.4) is 0 Å². The topological polar surface area (TPSA) is 70.4 Å². The molecular formula is C10H9F2NO3. The predicted molar refractivity (Wildman–Crippen MR) is 51.9 cm³/mol. The number of hydrogen-bond donors (Lipinski definition) is 2. The quantitative estimate of drug-likeness (QED) is 0.600. The Kier molecular flexibility index (Phi) is 3.68. The fourth-order valence-corrected chi connectivity index (χ4v) is 0.905. The Morgan fingerprint density at radius 3 is 2.75 bits per heavy atom. The van der Waals surface area contributed by atoms with Crippen LogP contribution in [0, 0.1) is 0 Å². The molecule has 0 aromatic carbocycles. The van der Waals surface area contributed by atoms with Crippen molar-refractivity contribution in [1.82, 2.24) is 4.98 Å². The summed E-state index contributed by atoms with van der Waals surface area (Å²) in [6.45, 7) is -1.59. The van der Waals surface area contributed by atoms with E-state index < -0.39 is 24.1 Å². The third-order valence-corrected chi connectivity index (χ3v) is 1.78. The maximum atomic E-state index is 12.7. The molecule has 6 heteroatoms. The third-order valence-electron chi connectivity index (χ3n) is 1.78. The van der Waals surface area contributed by atoms with Crippen molar-refractivity contribution >= 4 is 11.5 Å². The zero-order valence-electron chi connectivity index (χ0n) is 8.10. The number of nitrogens with zero attached hydrogens (tertiary/aromatic N) is 1. The fourth-order valence-electron chi connectivity index (χ4n) is 0.905. The number of rotatable bonds is 4. The highest BCUT2D eigenvalue weighted by Gasteiger charge is 2.36. The molecule has 86 valence electrons. The van der Waals surface area contributed by atoms with Crippen molar-refractivity contribution < 1.29 is 23.8 Å². The Morgan fingerprint density at radius 1 is 1.56 bits per heavy atom. The molecule has 0 amide bonds. The van der Waals surface area contributed by atoms with Gasteiger partial charge >= 0.3 is 5.92 Å². The van der Waals surface area contributed by atoms with Crippen molar-refractivity contribution in [3.8, 4) is 0 Å². The highest BCUT2D eigenvalue weighted by molar-refractivity contribution is 6.00. The van der Waals surface area contributed by atoms with Gasteiger partial charge in [-0.15, -0.1) is 0 Å². The number of pyridine rings is 1. The second-order valence-electron chi connectivity index (χ2n) is 3.00. The van der Waals surface area contributed by atoms with Crippen molar-refractivity contribution in [3.05, 3.63) is 36.2 Å². The van der Waals surface area contributed by atoms with Gasteiger partial charge in [0, 0.05) is 24.0 Å². The van der Waals surface area contributed by atoms with Crippen LogP contribution in [0.2, 0.25) is 0 Å². The predicted octanol–water partition coefficient (Wildman–Crippen LogP) is 1.18. The van der Waals surface area contributed by atoms with E-state index in [1.54, 1.807) is 0 Å². The maximum absolute atomic E-state index is 12.7. The van der Waals surface area contributed by atoms with Crippen LogP contribution in [0.5, 0.6) is 0 Å². The number of aromatic nitrogens is 1. The minimum atomic E-state index is -3.88. The van der Waals surface area contributed by atoms with E-state index in [0.29, 0.717) is 6.08 Å². The SMILES string of the molecule is O=C(C=C(O)c1cccnc1)C(F)(F)CO. The summed E-state index contributed by atoms with van der Waals surface area (Å²) in [6, 6.07) is 2.89. The van der Waals surface area contributed by atoms with Gasteiger partial charge in [-0.25, -0.2) is 0 Å². The van der Waals surface area contributed by atoms with E-state index in [-0.39, 0.29) is 5.56 Å². The Balaban J connectivity index is 2.90. The zero-order valence-corrected chi connectivity index (χ0v) is 8.10. The van der Waals surface area contributed by atoms with Crippen LogP contribution in [-0.4, -0.2) is 33.5 Å². The minimum absolute atomic E-state index is 0.143. The second-order valence-corrected chi connectivity index (χ2v) is 3.00. The number of alkyl halides is 2. The van der Waals surface area contributed by atoms with Gasteiger partial charge in [0.1, 0.15) is 12.4 Å². The lowest BCUT2D eigenvalue weighted by molar-refractivity contribution is -0.142. The van der Waals surface area contributed by atoms with Gasteiger partial charge in [0.2, 0.25) is 5.78 Å². The average Bonchev–Trinajstić information content (AvgIpc) is 2.30. The molecular weight excluding hydrogens is 220 g/mol. The summed E-state index contributed by atoms with van der Waals surface area (Å²) in [5.41, 5.74) is 0.143. The molecule has 1 rings (SSSR count). The van der Waals surface area contributed by atoms with E-state index in [9.17, 15) is 18.7 Å². The van der Waals surface area contributed by atoms with Crippen LogP contribution in [0.25, 0.3) is 5.76 Å². The number of ketones is 1. The molecule has 16 heavy (non-hydrogen) atoms. The molecule has 0 saturated carbocycles. The van der Waals surface area contributed by atoms with Crippen LogP contribution in [-0.2, 0) is 4.79 Å². The summed E-state index contributed by atoms with van der Waals surface area (Å²) in [4.78, 5) is 14.6. The van der Waals surface area contributed by atoms with Gasteiger partial charge in [0.05, 0.1) is 0 Å². The molecule has 4 nitrogen and oxygen atoms in total. The number of aliphatic hydroxyl groups excluding tert-OH is 2. The van der Waals surface area contributed by atoms with Crippen molar-refractivity contribution in [2.45, 2.75) is 5.92 Å². The molecule has 1 aromatic heterocycles. The van der Waals surface area contributed by atoms with Gasteiger partial charge in [-0.05, 0) is 12.1 Å². The van der Waals surface area contributed by atoms with Crippen molar-refractivity contribution in [2.24, 2.45) is 0 Å². The Morgan fingerprint density at radius 2 is 2.25 bits per heavy atom. The standard InChI is InChI=1S/C10H9F2NO3/c11-10(12,6-14)9(16)4-8(15)7-2-1-3-13-5-7/h1-5,14-15H,6H2. The number of allylic oxidation sites excluding steroid dienone is 1. The Labute approximate surface area is 89.9 Å². The first kappa shape index (κ1) is 12.3. The Hall–Kier alpha value is -1.82. The molecule has 0 unspecified atom stereocenters. The van der Waals surface area contributed by atoms with E-state index in [2.05, 4.69) is 4.98 Å². The molecule has 1 aromatic rings. The lowest BCUT2D eigenvalue weighted by atomic mass is 10.1. The number of hydrogen-bond acceptors (Lipinski definition) is 4. The van der Waals surface area contributed by atoms with E-state index in [1.807, 2.05) is 0 Å². The third kappa shape index (κ3) is 2.83. The van der Waals surface area contributed by atoms with Crippen molar-refractivity contribution in [2.75, 3.05) is 6.61 Å². The molecule has 0 atom stereocenters. The molecule has 0 aliphatic heterocycles. The molecule has 2 N–H and O–H groups in total. The first-order valence-electron chi connectivity index (χ1n) is 4.31. The number of carbonyl (C=O) groups is 1. The van der Waals surface area contributed by atoms with Crippen molar-refractivity contribution in [1.29, 1.82) is 0 Å². The first-order valence-corrected chi connectivity index (χ1v) is 4.31. The maximum Gasteiger partial charge on any atom is 0.331 e. The smallest absolute Gasteiger partial charge is 0.331 e. The van der Waals surface area contributed by atoms with Gasteiger partial charge < -0.3 is 10.2 Å². The monoisotopic (exact) mass is 229 g/mol. The van der Waals surface area contributed by atoms with E-state index in [0.717, 1.165) is 0 Å². The molecule has 0 fully saturated rings. The van der Waals surface area contributed by atoms with Crippen LogP contribution >= 0.6 is 0 Å². The average molecular weight is 229 g/mol. The molecule has 0 radical (unpaired) electrons. The van der Waals surface area contributed by atoms with Gasteiger partial charge in [0.25, 0.3) is 0 Å². The zero-order chi connectivity index (χ0) is 12.2. The molecule has 0 bridgehead atoms. The van der Waals surface area contributed by atoms with E-state index in [1.165, 1.54) is 24.5 Å². The molecule has 0 saturated heterocycles. The van der Waals surface area contributed by atoms with Gasteiger partial charge in [-0.3, -0.25) is 9.78 Å². The van der Waals surface area contributed by atoms with E-state index >= 15 is 0 Å². The minimum Gasteiger partial charge on any atom is -0.507 e. The summed E-state index contributed by atoms with van der Waals surface area (Å²) in [5, 5.41) is 17.6. The highest BCUT2D eigenvalue weighted by atomic mass is 19.3. The summed E-state index contributed by atoms with van der Waals surface area (Å²) in [5.74, 6) is -6.15. The van der Waals surface area contributed by atoms with Crippen LogP contribution in [0.1, 0.15) is 5.56 Å². The summed E-state index contributed by atoms with van der Waals surface area (Å²) in [6.07, 6.45) is 3.02. The van der Waals surface area contributed by atoms with Crippen molar-refractivity contribution in [3.63, 3.8) is 0 Å².